The van der Waals surface area contributed by atoms with Gasteiger partial charge in [0.1, 0.15) is 0 Å². The van der Waals surface area contributed by atoms with E-state index in [0.29, 0.717) is 18.6 Å². The molecule has 0 bridgehead atoms. The fraction of sp³-hybridized carbons (Fsp3) is 0.500. The summed E-state index contributed by atoms with van der Waals surface area (Å²) in [6.45, 7) is 2.67. The van der Waals surface area contributed by atoms with Crippen LogP contribution >= 0.6 is 0 Å². The molecule has 1 saturated heterocycles. The molecule has 170 valence electrons. The number of fused-ring (bicyclic) bond motifs is 1. The molecular formula is C26H33N3O3. The van der Waals surface area contributed by atoms with Crippen LogP contribution in [-0.4, -0.2) is 52.4 Å². The van der Waals surface area contributed by atoms with Crippen molar-refractivity contribution < 1.29 is 14.6 Å². The number of H-pyrrole nitrogens is 1. The third kappa shape index (κ3) is 4.53. The number of pyridine rings is 1. The van der Waals surface area contributed by atoms with Crippen LogP contribution in [0.2, 0.25) is 0 Å². The summed E-state index contributed by atoms with van der Waals surface area (Å²) in [5.41, 5.74) is 5.52. The highest BCUT2D eigenvalue weighted by Gasteiger charge is 2.24. The van der Waals surface area contributed by atoms with E-state index in [1.807, 2.05) is 6.20 Å². The van der Waals surface area contributed by atoms with Crippen molar-refractivity contribution in [3.63, 3.8) is 0 Å². The van der Waals surface area contributed by atoms with Gasteiger partial charge in [-0.2, -0.15) is 0 Å². The minimum atomic E-state index is 0.238. The van der Waals surface area contributed by atoms with E-state index in [-0.39, 0.29) is 12.6 Å². The fourth-order valence-electron chi connectivity index (χ4n) is 5.19. The van der Waals surface area contributed by atoms with E-state index >= 15 is 0 Å². The van der Waals surface area contributed by atoms with E-state index in [4.69, 9.17) is 9.47 Å². The normalized spacial score (nSPS) is 19.9. The molecule has 2 N–H and O–H groups in total. The predicted molar refractivity (Wildman–Crippen MR) is 126 cm³/mol. The SMILES string of the molecule is COc1ncc(-c2ccc3[nH]c(CN4CCCC4CO)cc3c2)cc1COC1CCCC1. The zero-order valence-corrected chi connectivity index (χ0v) is 18.8. The molecule has 0 spiro atoms. The maximum atomic E-state index is 9.60. The maximum Gasteiger partial charge on any atom is 0.218 e. The Morgan fingerprint density at radius 3 is 2.78 bits per heavy atom. The highest BCUT2D eigenvalue weighted by Crippen LogP contribution is 2.30. The Morgan fingerprint density at radius 1 is 1.09 bits per heavy atom. The summed E-state index contributed by atoms with van der Waals surface area (Å²) >= 11 is 0. The van der Waals surface area contributed by atoms with Crippen molar-refractivity contribution in [2.45, 2.75) is 63.8 Å². The van der Waals surface area contributed by atoms with Crippen molar-refractivity contribution in [3.05, 3.63) is 47.8 Å². The summed E-state index contributed by atoms with van der Waals surface area (Å²) in [4.78, 5) is 10.5. The number of aliphatic hydroxyl groups is 1. The van der Waals surface area contributed by atoms with Gasteiger partial charge >= 0.3 is 0 Å². The molecule has 1 aliphatic heterocycles. The molecule has 6 nitrogen and oxygen atoms in total. The van der Waals surface area contributed by atoms with Crippen LogP contribution in [0.1, 0.15) is 49.8 Å². The van der Waals surface area contributed by atoms with Crippen LogP contribution < -0.4 is 4.74 Å². The van der Waals surface area contributed by atoms with Gasteiger partial charge in [0.05, 0.1) is 26.4 Å². The Hall–Kier alpha value is -2.41. The summed E-state index contributed by atoms with van der Waals surface area (Å²) in [7, 11) is 1.66. The number of likely N-dealkylation sites (tertiary alicyclic amines) is 1. The van der Waals surface area contributed by atoms with Crippen molar-refractivity contribution >= 4 is 10.9 Å². The van der Waals surface area contributed by atoms with Gasteiger partial charge in [0, 0.05) is 46.5 Å². The lowest BCUT2D eigenvalue weighted by Crippen LogP contribution is -2.31. The van der Waals surface area contributed by atoms with Crippen LogP contribution in [0.5, 0.6) is 5.88 Å². The lowest BCUT2D eigenvalue weighted by molar-refractivity contribution is 0.0443. The number of hydrogen-bond donors (Lipinski definition) is 2. The zero-order valence-electron chi connectivity index (χ0n) is 18.8. The second-order valence-corrected chi connectivity index (χ2v) is 9.16. The Balaban J connectivity index is 1.36. The largest absolute Gasteiger partial charge is 0.481 e. The molecule has 3 aromatic rings. The maximum absolute atomic E-state index is 9.60. The smallest absolute Gasteiger partial charge is 0.218 e. The number of nitrogens with zero attached hydrogens (tertiary/aromatic N) is 2. The molecule has 6 heteroatoms. The lowest BCUT2D eigenvalue weighted by atomic mass is 10.0. The average Bonchev–Trinajstić information content (AvgIpc) is 3.57. The summed E-state index contributed by atoms with van der Waals surface area (Å²) in [5, 5.41) is 10.8. The van der Waals surface area contributed by atoms with Gasteiger partial charge in [-0.25, -0.2) is 4.98 Å². The molecule has 32 heavy (non-hydrogen) atoms. The van der Waals surface area contributed by atoms with Gasteiger partial charge in [-0.05, 0) is 62.1 Å². The molecule has 1 aliphatic carbocycles. The Kier molecular flexibility index (Phi) is 6.44. The highest BCUT2D eigenvalue weighted by molar-refractivity contribution is 5.85. The molecule has 1 saturated carbocycles. The highest BCUT2D eigenvalue weighted by atomic mass is 16.5. The third-order valence-corrected chi connectivity index (χ3v) is 6.99. The minimum absolute atomic E-state index is 0.238. The molecule has 1 unspecified atom stereocenters. The van der Waals surface area contributed by atoms with Gasteiger partial charge in [-0.3, -0.25) is 4.90 Å². The van der Waals surface area contributed by atoms with E-state index in [0.717, 1.165) is 61.0 Å². The summed E-state index contributed by atoms with van der Waals surface area (Å²) in [5.74, 6) is 0.640. The van der Waals surface area contributed by atoms with Gasteiger partial charge in [0.15, 0.2) is 0 Å². The van der Waals surface area contributed by atoms with Crippen LogP contribution in [0.15, 0.2) is 36.5 Å². The van der Waals surface area contributed by atoms with Crippen molar-refractivity contribution in [2.75, 3.05) is 20.3 Å². The van der Waals surface area contributed by atoms with Crippen LogP contribution in [0.25, 0.3) is 22.0 Å². The average molecular weight is 436 g/mol. The van der Waals surface area contributed by atoms with E-state index in [1.165, 1.54) is 23.9 Å². The van der Waals surface area contributed by atoms with Gasteiger partial charge in [0.25, 0.3) is 0 Å². The van der Waals surface area contributed by atoms with Crippen molar-refractivity contribution in [3.8, 4) is 17.0 Å². The molecule has 0 amide bonds. The molecule has 0 radical (unpaired) electrons. The number of methoxy groups -OCH3 is 1. The molecule has 2 aromatic heterocycles. The van der Waals surface area contributed by atoms with Crippen molar-refractivity contribution in [1.82, 2.24) is 14.9 Å². The standard InChI is InChI=1S/C26H33N3O3/c1-31-26-21(17-32-24-6-2-3-7-24)12-20(14-27-26)18-8-9-25-19(11-18)13-22(28-25)15-29-10-4-5-23(29)16-30/h8-9,11-14,23-24,28,30H,2-7,10,15-17H2,1H3. The summed E-state index contributed by atoms with van der Waals surface area (Å²) in [6.07, 6.45) is 9.30. The summed E-state index contributed by atoms with van der Waals surface area (Å²) < 4.78 is 11.6. The first-order chi connectivity index (χ1) is 15.7. The number of aromatic nitrogens is 2. The second kappa shape index (κ2) is 9.61. The number of nitrogens with one attached hydrogen (secondary N) is 1. The zero-order chi connectivity index (χ0) is 21.9. The number of aromatic amines is 1. The third-order valence-electron chi connectivity index (χ3n) is 6.99. The van der Waals surface area contributed by atoms with Crippen molar-refractivity contribution in [2.24, 2.45) is 0 Å². The van der Waals surface area contributed by atoms with E-state index in [1.54, 1.807) is 7.11 Å². The molecule has 1 aromatic carbocycles. The molecule has 2 aliphatic rings. The Labute approximate surface area is 189 Å². The number of ether oxygens (including phenoxy) is 2. The Bertz CT molecular complexity index is 1060. The van der Waals surface area contributed by atoms with Gasteiger partial charge in [-0.15, -0.1) is 0 Å². The van der Waals surface area contributed by atoms with Gasteiger partial charge in [0.2, 0.25) is 5.88 Å². The van der Waals surface area contributed by atoms with E-state index < -0.39 is 0 Å². The van der Waals surface area contributed by atoms with Crippen molar-refractivity contribution in [1.29, 1.82) is 0 Å². The second-order valence-electron chi connectivity index (χ2n) is 9.16. The molecule has 2 fully saturated rings. The van der Waals surface area contributed by atoms with Gasteiger partial charge in [-0.1, -0.05) is 18.9 Å². The Morgan fingerprint density at radius 2 is 1.97 bits per heavy atom. The van der Waals surface area contributed by atoms with Crippen LogP contribution in [0.3, 0.4) is 0 Å². The summed E-state index contributed by atoms with van der Waals surface area (Å²) in [6, 6.07) is 11.2. The van der Waals surface area contributed by atoms with Crippen LogP contribution in [0, 0.1) is 0 Å². The van der Waals surface area contributed by atoms with E-state index in [2.05, 4.69) is 45.2 Å². The number of rotatable bonds is 8. The molecule has 5 rings (SSSR count). The van der Waals surface area contributed by atoms with Gasteiger partial charge < -0.3 is 19.6 Å². The first kappa shape index (κ1) is 21.4. The quantitative estimate of drug-likeness (QED) is 0.539. The molecular weight excluding hydrogens is 402 g/mol. The lowest BCUT2D eigenvalue weighted by Gasteiger charge is -2.21. The topological polar surface area (TPSA) is 70.6 Å². The first-order valence-electron chi connectivity index (χ1n) is 11.8. The monoisotopic (exact) mass is 435 g/mol. The predicted octanol–water partition coefficient (Wildman–Crippen LogP) is 4.65. The molecule has 3 heterocycles. The molecule has 1 atom stereocenters. The fourth-order valence-corrected chi connectivity index (χ4v) is 5.19. The number of hydrogen-bond acceptors (Lipinski definition) is 5. The number of benzene rings is 1. The number of aliphatic hydroxyl groups excluding tert-OH is 1. The first-order valence-corrected chi connectivity index (χ1v) is 11.8. The van der Waals surface area contributed by atoms with E-state index in [9.17, 15) is 5.11 Å². The van der Waals surface area contributed by atoms with Crippen LogP contribution in [0.4, 0.5) is 0 Å². The van der Waals surface area contributed by atoms with Crippen LogP contribution in [-0.2, 0) is 17.9 Å². The minimum Gasteiger partial charge on any atom is -0.481 e.